The van der Waals surface area contributed by atoms with Crippen molar-refractivity contribution in [2.24, 2.45) is 0 Å². The Morgan fingerprint density at radius 3 is 2.53 bits per heavy atom. The Hall–Kier alpha value is -1.42. The first-order valence-corrected chi connectivity index (χ1v) is 5.04. The van der Waals surface area contributed by atoms with Crippen molar-refractivity contribution >= 4 is 5.69 Å². The summed E-state index contributed by atoms with van der Waals surface area (Å²) in [4.78, 5) is 0. The fourth-order valence-electron chi connectivity index (χ4n) is 1.74. The summed E-state index contributed by atoms with van der Waals surface area (Å²) >= 11 is 0. The molecule has 1 aromatic carbocycles. The molecule has 4 heteroatoms. The number of benzene rings is 1. The Morgan fingerprint density at radius 2 is 1.80 bits per heavy atom. The van der Waals surface area contributed by atoms with Gasteiger partial charge in [0.2, 0.25) is 0 Å². The molecular formula is C11H16N2O2. The number of methoxy groups -OCH3 is 2. The molecule has 15 heavy (non-hydrogen) atoms. The third-order valence-corrected chi connectivity index (χ3v) is 2.54. The van der Waals surface area contributed by atoms with Crippen molar-refractivity contribution in [3.63, 3.8) is 0 Å². The summed E-state index contributed by atoms with van der Waals surface area (Å²) in [6, 6.07) is 4.00. The predicted molar refractivity (Wildman–Crippen MR) is 59.7 cm³/mol. The Morgan fingerprint density at radius 1 is 1.07 bits per heavy atom. The van der Waals surface area contributed by atoms with Crippen LogP contribution in [0.15, 0.2) is 12.1 Å². The maximum atomic E-state index is 5.26. The minimum Gasteiger partial charge on any atom is -0.493 e. The highest BCUT2D eigenvalue weighted by molar-refractivity contribution is 5.61. The molecule has 1 heterocycles. The van der Waals surface area contributed by atoms with Crippen molar-refractivity contribution in [1.82, 2.24) is 5.32 Å². The second-order valence-corrected chi connectivity index (χ2v) is 3.47. The second-order valence-electron chi connectivity index (χ2n) is 3.47. The van der Waals surface area contributed by atoms with E-state index >= 15 is 0 Å². The highest BCUT2D eigenvalue weighted by Gasteiger charge is 2.12. The molecule has 4 nitrogen and oxygen atoms in total. The number of anilines is 1. The van der Waals surface area contributed by atoms with Crippen molar-refractivity contribution in [3.8, 4) is 11.5 Å². The maximum absolute atomic E-state index is 5.26. The first-order chi connectivity index (χ1) is 7.35. The predicted octanol–water partition coefficient (Wildman–Crippen LogP) is 1.22. The number of nitrogens with one attached hydrogen (secondary N) is 2. The van der Waals surface area contributed by atoms with Gasteiger partial charge in [0, 0.05) is 31.4 Å². The lowest BCUT2D eigenvalue weighted by Crippen LogP contribution is -2.16. The molecule has 0 aliphatic carbocycles. The Labute approximate surface area is 89.6 Å². The van der Waals surface area contributed by atoms with E-state index in [0.717, 1.165) is 36.8 Å². The van der Waals surface area contributed by atoms with Crippen LogP contribution < -0.4 is 20.1 Å². The molecule has 82 valence electrons. The van der Waals surface area contributed by atoms with E-state index in [0.29, 0.717) is 0 Å². The standard InChI is InChI=1S/C11H16N2O2/c1-14-10-5-8-7-12-3-4-13-9(8)6-11(10)15-2/h5-6,12-13H,3-4,7H2,1-2H3. The minimum absolute atomic E-state index is 0.769. The van der Waals surface area contributed by atoms with Gasteiger partial charge in [-0.2, -0.15) is 0 Å². The van der Waals surface area contributed by atoms with Crippen molar-refractivity contribution in [1.29, 1.82) is 0 Å². The van der Waals surface area contributed by atoms with E-state index in [4.69, 9.17) is 9.47 Å². The van der Waals surface area contributed by atoms with Crippen LogP contribution in [-0.2, 0) is 6.54 Å². The highest BCUT2D eigenvalue weighted by atomic mass is 16.5. The Bertz CT molecular complexity index is 320. The van der Waals surface area contributed by atoms with Crippen molar-refractivity contribution in [3.05, 3.63) is 17.7 Å². The van der Waals surface area contributed by atoms with Crippen LogP contribution in [0, 0.1) is 0 Å². The molecule has 1 aromatic rings. The van der Waals surface area contributed by atoms with Crippen LogP contribution >= 0.6 is 0 Å². The van der Waals surface area contributed by atoms with Crippen LogP contribution in [-0.4, -0.2) is 27.3 Å². The van der Waals surface area contributed by atoms with Gasteiger partial charge in [-0.15, -0.1) is 0 Å². The van der Waals surface area contributed by atoms with E-state index in [1.165, 1.54) is 5.56 Å². The van der Waals surface area contributed by atoms with Gasteiger partial charge >= 0.3 is 0 Å². The normalized spacial score (nSPS) is 14.8. The minimum atomic E-state index is 0.769. The van der Waals surface area contributed by atoms with Gasteiger partial charge < -0.3 is 20.1 Å². The number of fused-ring (bicyclic) bond motifs is 1. The van der Waals surface area contributed by atoms with Gasteiger partial charge in [-0.1, -0.05) is 0 Å². The van der Waals surface area contributed by atoms with Gasteiger partial charge in [-0.05, 0) is 11.6 Å². The lowest BCUT2D eigenvalue weighted by Gasteiger charge is -2.13. The third-order valence-electron chi connectivity index (χ3n) is 2.54. The quantitative estimate of drug-likeness (QED) is 0.767. The third kappa shape index (κ3) is 1.99. The number of ether oxygens (including phenoxy) is 2. The van der Waals surface area contributed by atoms with Gasteiger partial charge in [0.1, 0.15) is 0 Å². The van der Waals surface area contributed by atoms with Crippen LogP contribution in [0.3, 0.4) is 0 Å². The van der Waals surface area contributed by atoms with Crippen molar-refractivity contribution in [2.75, 3.05) is 32.6 Å². The summed E-state index contributed by atoms with van der Waals surface area (Å²) in [5, 5.41) is 6.69. The van der Waals surface area contributed by atoms with Crippen molar-refractivity contribution in [2.45, 2.75) is 6.54 Å². The summed E-state index contributed by atoms with van der Waals surface area (Å²) in [7, 11) is 3.31. The molecule has 0 bridgehead atoms. The van der Waals surface area contributed by atoms with Crippen LogP contribution in [0.5, 0.6) is 11.5 Å². The molecule has 0 spiro atoms. The molecule has 2 N–H and O–H groups in total. The first-order valence-electron chi connectivity index (χ1n) is 5.04. The van der Waals surface area contributed by atoms with E-state index in [9.17, 15) is 0 Å². The molecule has 0 unspecified atom stereocenters. The number of rotatable bonds is 2. The molecular weight excluding hydrogens is 192 g/mol. The molecule has 0 saturated heterocycles. The molecule has 1 aliphatic rings. The zero-order valence-corrected chi connectivity index (χ0v) is 9.09. The molecule has 0 atom stereocenters. The average molecular weight is 208 g/mol. The van der Waals surface area contributed by atoms with Crippen LogP contribution in [0.2, 0.25) is 0 Å². The summed E-state index contributed by atoms with van der Waals surface area (Å²) in [6.07, 6.45) is 0. The summed E-state index contributed by atoms with van der Waals surface area (Å²) in [6.45, 7) is 2.77. The summed E-state index contributed by atoms with van der Waals surface area (Å²) < 4.78 is 10.5. The Balaban J connectivity index is 2.41. The lowest BCUT2D eigenvalue weighted by atomic mass is 10.1. The average Bonchev–Trinajstić information content (AvgIpc) is 2.51. The molecule has 2 rings (SSSR count). The highest BCUT2D eigenvalue weighted by Crippen LogP contribution is 2.33. The van der Waals surface area contributed by atoms with Gasteiger partial charge in [-0.3, -0.25) is 0 Å². The monoisotopic (exact) mass is 208 g/mol. The first kappa shape index (κ1) is 10.1. The van der Waals surface area contributed by atoms with E-state index in [-0.39, 0.29) is 0 Å². The summed E-state index contributed by atoms with van der Waals surface area (Å²) in [5.41, 5.74) is 2.34. The fourth-order valence-corrected chi connectivity index (χ4v) is 1.74. The molecule has 0 fully saturated rings. The topological polar surface area (TPSA) is 42.5 Å². The van der Waals surface area contributed by atoms with E-state index in [2.05, 4.69) is 10.6 Å². The van der Waals surface area contributed by atoms with E-state index in [1.54, 1.807) is 14.2 Å². The summed E-state index contributed by atoms with van der Waals surface area (Å²) in [5.74, 6) is 1.55. The number of hydrogen-bond donors (Lipinski definition) is 2. The van der Waals surface area contributed by atoms with Crippen LogP contribution in [0.25, 0.3) is 0 Å². The largest absolute Gasteiger partial charge is 0.493 e. The Kier molecular flexibility index (Phi) is 2.97. The maximum Gasteiger partial charge on any atom is 0.162 e. The van der Waals surface area contributed by atoms with Gasteiger partial charge in [-0.25, -0.2) is 0 Å². The van der Waals surface area contributed by atoms with E-state index < -0.39 is 0 Å². The SMILES string of the molecule is COc1cc2c(cc1OC)NCCNC2. The zero-order valence-electron chi connectivity index (χ0n) is 9.09. The lowest BCUT2D eigenvalue weighted by molar-refractivity contribution is 0.354. The molecule has 0 saturated carbocycles. The fraction of sp³-hybridized carbons (Fsp3) is 0.455. The molecule has 0 amide bonds. The van der Waals surface area contributed by atoms with Crippen molar-refractivity contribution < 1.29 is 9.47 Å². The smallest absolute Gasteiger partial charge is 0.162 e. The van der Waals surface area contributed by atoms with Crippen LogP contribution in [0.1, 0.15) is 5.56 Å². The zero-order chi connectivity index (χ0) is 10.7. The van der Waals surface area contributed by atoms with Gasteiger partial charge in [0.25, 0.3) is 0 Å². The number of hydrogen-bond acceptors (Lipinski definition) is 4. The second kappa shape index (κ2) is 4.40. The molecule has 0 radical (unpaired) electrons. The molecule has 0 aromatic heterocycles. The van der Waals surface area contributed by atoms with E-state index in [1.807, 2.05) is 12.1 Å². The van der Waals surface area contributed by atoms with Crippen LogP contribution in [0.4, 0.5) is 5.69 Å². The van der Waals surface area contributed by atoms with Gasteiger partial charge in [0.15, 0.2) is 11.5 Å². The van der Waals surface area contributed by atoms with Gasteiger partial charge in [0.05, 0.1) is 14.2 Å². The molecule has 1 aliphatic heterocycles.